The van der Waals surface area contributed by atoms with Crippen molar-refractivity contribution in [1.29, 1.82) is 0 Å². The van der Waals surface area contributed by atoms with Crippen LogP contribution in [0.1, 0.15) is 19.3 Å². The fourth-order valence-corrected chi connectivity index (χ4v) is 2.61. The first-order valence-corrected chi connectivity index (χ1v) is 6.30. The first kappa shape index (κ1) is 12.0. The second kappa shape index (κ2) is 5.26. The highest BCUT2D eigenvalue weighted by atomic mass is 35.5. The molecule has 0 bridgehead atoms. The summed E-state index contributed by atoms with van der Waals surface area (Å²) in [7, 11) is 0. The number of nitrogens with zero attached hydrogens (tertiary/aromatic N) is 1. The van der Waals surface area contributed by atoms with Gasteiger partial charge in [-0.15, -0.1) is 0 Å². The van der Waals surface area contributed by atoms with Crippen molar-refractivity contribution in [3.8, 4) is 0 Å². The predicted molar refractivity (Wildman–Crippen MR) is 68.5 cm³/mol. The molecule has 1 heterocycles. The van der Waals surface area contributed by atoms with Crippen molar-refractivity contribution in [2.24, 2.45) is 0 Å². The Morgan fingerprint density at radius 3 is 2.88 bits per heavy atom. The van der Waals surface area contributed by atoms with E-state index in [1.807, 2.05) is 12.1 Å². The highest BCUT2D eigenvalue weighted by molar-refractivity contribution is 6.35. The van der Waals surface area contributed by atoms with Crippen LogP contribution >= 0.6 is 23.2 Å². The molecule has 0 radical (unpaired) electrons. The van der Waals surface area contributed by atoms with Crippen LogP contribution in [-0.2, 0) is 0 Å². The molecule has 16 heavy (non-hydrogen) atoms. The van der Waals surface area contributed by atoms with Gasteiger partial charge in [0, 0.05) is 11.6 Å². The van der Waals surface area contributed by atoms with Crippen molar-refractivity contribution in [3.05, 3.63) is 28.2 Å². The zero-order chi connectivity index (χ0) is 11.5. The molecule has 1 aliphatic heterocycles. The van der Waals surface area contributed by atoms with Gasteiger partial charge in [-0.05, 0) is 37.5 Å². The molecule has 1 unspecified atom stereocenters. The first-order chi connectivity index (χ1) is 7.72. The Bertz CT molecular complexity index is 370. The van der Waals surface area contributed by atoms with Gasteiger partial charge in [0.1, 0.15) is 0 Å². The van der Waals surface area contributed by atoms with Crippen LogP contribution in [0.2, 0.25) is 10.0 Å². The lowest BCUT2D eigenvalue weighted by molar-refractivity contribution is 0.240. The van der Waals surface area contributed by atoms with Crippen molar-refractivity contribution < 1.29 is 5.11 Å². The van der Waals surface area contributed by atoms with Gasteiger partial charge >= 0.3 is 0 Å². The molecule has 1 atom stereocenters. The van der Waals surface area contributed by atoms with Crippen molar-refractivity contribution in [3.63, 3.8) is 0 Å². The number of anilines is 1. The Morgan fingerprint density at radius 2 is 2.12 bits per heavy atom. The third kappa shape index (κ3) is 2.45. The van der Waals surface area contributed by atoms with Gasteiger partial charge in [0.15, 0.2) is 0 Å². The van der Waals surface area contributed by atoms with Crippen LogP contribution in [0, 0.1) is 0 Å². The van der Waals surface area contributed by atoms with E-state index >= 15 is 0 Å². The fourth-order valence-electron chi connectivity index (χ4n) is 2.21. The topological polar surface area (TPSA) is 23.5 Å². The third-order valence-electron chi connectivity index (χ3n) is 3.06. The summed E-state index contributed by atoms with van der Waals surface area (Å²) >= 11 is 12.1. The second-order valence-electron chi connectivity index (χ2n) is 4.12. The molecule has 0 amide bonds. The summed E-state index contributed by atoms with van der Waals surface area (Å²) in [6.07, 6.45) is 3.32. The minimum atomic E-state index is 0.169. The maximum Gasteiger partial charge on any atom is 0.0640 e. The van der Waals surface area contributed by atoms with E-state index in [2.05, 4.69) is 4.90 Å². The van der Waals surface area contributed by atoms with Gasteiger partial charge in [-0.1, -0.05) is 23.2 Å². The van der Waals surface area contributed by atoms with E-state index in [1.165, 1.54) is 6.42 Å². The number of benzene rings is 1. The lowest BCUT2D eigenvalue weighted by Crippen LogP contribution is -2.42. The number of aliphatic hydroxyl groups is 1. The van der Waals surface area contributed by atoms with Gasteiger partial charge < -0.3 is 10.0 Å². The molecule has 2 nitrogen and oxygen atoms in total. The Labute approximate surface area is 106 Å². The van der Waals surface area contributed by atoms with Gasteiger partial charge in [-0.25, -0.2) is 0 Å². The molecule has 1 aromatic rings. The van der Waals surface area contributed by atoms with E-state index in [0.717, 1.165) is 25.1 Å². The van der Waals surface area contributed by atoms with Crippen LogP contribution in [0.15, 0.2) is 18.2 Å². The van der Waals surface area contributed by atoms with E-state index in [-0.39, 0.29) is 12.6 Å². The number of rotatable bonds is 2. The van der Waals surface area contributed by atoms with Crippen LogP contribution in [0.5, 0.6) is 0 Å². The molecule has 1 N–H and O–H groups in total. The average molecular weight is 260 g/mol. The monoisotopic (exact) mass is 259 g/mol. The van der Waals surface area contributed by atoms with Gasteiger partial charge in [0.05, 0.1) is 23.4 Å². The molecular weight excluding hydrogens is 245 g/mol. The SMILES string of the molecule is OCC1CCCCN1c1cc(Cl)ccc1Cl. The molecule has 0 aliphatic carbocycles. The summed E-state index contributed by atoms with van der Waals surface area (Å²) in [4.78, 5) is 2.16. The predicted octanol–water partition coefficient (Wildman–Crippen LogP) is 3.34. The number of aliphatic hydroxyl groups excluding tert-OH is 1. The van der Waals surface area contributed by atoms with Gasteiger partial charge in [-0.3, -0.25) is 0 Å². The van der Waals surface area contributed by atoms with Gasteiger partial charge in [0.25, 0.3) is 0 Å². The summed E-state index contributed by atoms with van der Waals surface area (Å²) in [5.41, 5.74) is 0.938. The van der Waals surface area contributed by atoms with Gasteiger partial charge in [-0.2, -0.15) is 0 Å². The van der Waals surface area contributed by atoms with Crippen molar-refractivity contribution >= 4 is 28.9 Å². The third-order valence-corrected chi connectivity index (χ3v) is 3.61. The molecule has 4 heteroatoms. The molecule has 88 valence electrons. The normalized spacial score (nSPS) is 21.2. The average Bonchev–Trinajstić information content (AvgIpc) is 2.32. The zero-order valence-corrected chi connectivity index (χ0v) is 10.5. The Balaban J connectivity index is 2.30. The van der Waals surface area contributed by atoms with Gasteiger partial charge in [0.2, 0.25) is 0 Å². The van der Waals surface area contributed by atoms with E-state index in [0.29, 0.717) is 10.0 Å². The van der Waals surface area contributed by atoms with Crippen LogP contribution in [0.4, 0.5) is 5.69 Å². The van der Waals surface area contributed by atoms with Crippen LogP contribution in [-0.4, -0.2) is 24.3 Å². The second-order valence-corrected chi connectivity index (χ2v) is 4.96. The van der Waals surface area contributed by atoms with Crippen molar-refractivity contribution in [2.45, 2.75) is 25.3 Å². The van der Waals surface area contributed by atoms with Crippen molar-refractivity contribution in [1.82, 2.24) is 0 Å². The highest BCUT2D eigenvalue weighted by Crippen LogP contribution is 2.33. The zero-order valence-electron chi connectivity index (χ0n) is 9.00. The van der Waals surface area contributed by atoms with Crippen LogP contribution < -0.4 is 4.90 Å². The summed E-state index contributed by atoms with van der Waals surface area (Å²) in [6.45, 7) is 1.11. The molecule has 1 fully saturated rings. The molecule has 1 saturated heterocycles. The number of halogens is 2. The van der Waals surface area contributed by atoms with Crippen LogP contribution in [0.25, 0.3) is 0 Å². The summed E-state index contributed by atoms with van der Waals surface area (Å²) < 4.78 is 0. The fraction of sp³-hybridized carbons (Fsp3) is 0.500. The Kier molecular flexibility index (Phi) is 3.95. The van der Waals surface area contributed by atoms with E-state index in [4.69, 9.17) is 23.2 Å². The Hall–Kier alpha value is -0.440. The summed E-state index contributed by atoms with van der Waals surface area (Å²) in [5, 5.41) is 10.7. The van der Waals surface area contributed by atoms with Crippen molar-refractivity contribution in [2.75, 3.05) is 18.1 Å². The highest BCUT2D eigenvalue weighted by Gasteiger charge is 2.23. The molecule has 0 spiro atoms. The minimum absolute atomic E-state index is 0.169. The number of piperidine rings is 1. The van der Waals surface area contributed by atoms with E-state index in [9.17, 15) is 5.11 Å². The summed E-state index contributed by atoms with van der Waals surface area (Å²) in [5.74, 6) is 0. The summed E-state index contributed by atoms with van der Waals surface area (Å²) in [6, 6.07) is 5.63. The maximum atomic E-state index is 9.37. The molecular formula is C12H15Cl2NO. The molecule has 2 rings (SSSR count). The quantitative estimate of drug-likeness (QED) is 0.881. The first-order valence-electron chi connectivity index (χ1n) is 5.55. The lowest BCUT2D eigenvalue weighted by atomic mass is 10.0. The molecule has 0 saturated carbocycles. The van der Waals surface area contributed by atoms with E-state index < -0.39 is 0 Å². The Morgan fingerprint density at radius 1 is 1.31 bits per heavy atom. The smallest absolute Gasteiger partial charge is 0.0640 e. The number of hydrogen-bond donors (Lipinski definition) is 1. The number of hydrogen-bond acceptors (Lipinski definition) is 2. The molecule has 0 aromatic heterocycles. The van der Waals surface area contributed by atoms with E-state index in [1.54, 1.807) is 6.07 Å². The largest absolute Gasteiger partial charge is 0.394 e. The van der Waals surface area contributed by atoms with Crippen LogP contribution in [0.3, 0.4) is 0 Å². The maximum absolute atomic E-state index is 9.37. The molecule has 1 aliphatic rings. The molecule has 1 aromatic carbocycles. The standard InChI is InChI=1S/C12H15Cl2NO/c13-9-4-5-11(14)12(7-9)15-6-2-1-3-10(15)8-16/h4-5,7,10,16H,1-3,6,8H2. The minimum Gasteiger partial charge on any atom is -0.394 e. The lowest BCUT2D eigenvalue weighted by Gasteiger charge is -2.37.